The minimum absolute atomic E-state index is 0.158. The number of ether oxygens (including phenoxy) is 2. The second-order valence-electron chi connectivity index (χ2n) is 3.62. The molecule has 1 heterocycles. The molecule has 0 unspecified atom stereocenters. The molecule has 0 aromatic carbocycles. The van der Waals surface area contributed by atoms with Gasteiger partial charge in [-0.1, -0.05) is 11.6 Å². The average Bonchev–Trinajstić information content (AvgIpc) is 2.13. The van der Waals surface area contributed by atoms with E-state index in [9.17, 15) is 0 Å². The minimum Gasteiger partial charge on any atom is -0.473 e. The van der Waals surface area contributed by atoms with Crippen LogP contribution in [0, 0.1) is 0 Å². The Hall–Kier alpha value is -1.00. The predicted octanol–water partition coefficient (Wildman–Crippen LogP) is 1.87. The molecule has 0 amide bonds. The number of nitrogen functional groups attached to an aromatic ring is 1. The van der Waals surface area contributed by atoms with Crippen molar-refractivity contribution in [3.63, 3.8) is 0 Å². The molecule has 1 fully saturated rings. The third-order valence-corrected chi connectivity index (χ3v) is 2.72. The molecule has 0 radical (unpaired) electrons. The smallest absolute Gasteiger partial charge is 0.237 e. The summed E-state index contributed by atoms with van der Waals surface area (Å²) in [6.45, 7) is 0. The topological polar surface area (TPSA) is 57.4 Å². The van der Waals surface area contributed by atoms with E-state index < -0.39 is 0 Å². The molecule has 1 aromatic heterocycles. The summed E-state index contributed by atoms with van der Waals surface area (Å²) in [5, 5.41) is 0.517. The molecule has 0 bridgehead atoms. The molecule has 1 aliphatic rings. The molecule has 0 saturated heterocycles. The van der Waals surface area contributed by atoms with Gasteiger partial charge in [0.25, 0.3) is 0 Å². The van der Waals surface area contributed by atoms with Gasteiger partial charge in [0.05, 0.1) is 16.8 Å². The quantitative estimate of drug-likeness (QED) is 0.858. The number of aromatic nitrogens is 1. The van der Waals surface area contributed by atoms with Crippen LogP contribution in [0.3, 0.4) is 0 Å². The molecule has 0 atom stereocenters. The first-order valence-corrected chi connectivity index (χ1v) is 5.17. The van der Waals surface area contributed by atoms with Crippen molar-refractivity contribution in [2.24, 2.45) is 0 Å². The van der Waals surface area contributed by atoms with Crippen molar-refractivity contribution in [1.29, 1.82) is 0 Å². The van der Waals surface area contributed by atoms with Crippen LogP contribution in [0.5, 0.6) is 5.88 Å². The normalized spacial score (nSPS) is 24.7. The van der Waals surface area contributed by atoms with Crippen molar-refractivity contribution in [1.82, 2.24) is 4.98 Å². The Bertz CT molecular complexity index is 353. The number of rotatable bonds is 3. The van der Waals surface area contributed by atoms with E-state index >= 15 is 0 Å². The maximum Gasteiger partial charge on any atom is 0.237 e. The molecule has 4 nitrogen and oxygen atoms in total. The lowest BCUT2D eigenvalue weighted by Gasteiger charge is -2.33. The fourth-order valence-electron chi connectivity index (χ4n) is 1.50. The zero-order valence-electron chi connectivity index (χ0n) is 8.44. The van der Waals surface area contributed by atoms with E-state index in [1.54, 1.807) is 13.2 Å². The van der Waals surface area contributed by atoms with Crippen LogP contribution < -0.4 is 10.5 Å². The molecule has 5 heteroatoms. The Morgan fingerprint density at radius 1 is 1.47 bits per heavy atom. The molecular weight excluding hydrogens is 216 g/mol. The zero-order valence-corrected chi connectivity index (χ0v) is 9.20. The molecule has 1 aliphatic carbocycles. The Morgan fingerprint density at radius 2 is 2.20 bits per heavy atom. The van der Waals surface area contributed by atoms with E-state index in [1.165, 1.54) is 6.20 Å². The van der Waals surface area contributed by atoms with Crippen LogP contribution in [0.2, 0.25) is 5.02 Å². The van der Waals surface area contributed by atoms with Crippen LogP contribution in [0.4, 0.5) is 5.69 Å². The molecule has 1 saturated carbocycles. The van der Waals surface area contributed by atoms with Gasteiger partial charge >= 0.3 is 0 Å². The molecule has 2 rings (SSSR count). The first-order chi connectivity index (χ1) is 7.19. The highest BCUT2D eigenvalue weighted by molar-refractivity contribution is 6.30. The first-order valence-electron chi connectivity index (χ1n) is 4.79. The molecule has 0 aliphatic heterocycles. The number of nitrogens with zero attached hydrogens (tertiary/aromatic N) is 1. The van der Waals surface area contributed by atoms with Crippen LogP contribution in [0.25, 0.3) is 0 Å². The summed E-state index contributed by atoms with van der Waals surface area (Å²) in [7, 11) is 1.70. The Kier molecular flexibility index (Phi) is 2.98. The lowest BCUT2D eigenvalue weighted by atomic mass is 9.92. The van der Waals surface area contributed by atoms with Crippen molar-refractivity contribution < 1.29 is 9.47 Å². The number of anilines is 1. The summed E-state index contributed by atoms with van der Waals surface area (Å²) in [6, 6.07) is 1.64. The molecule has 15 heavy (non-hydrogen) atoms. The molecule has 2 N–H and O–H groups in total. The predicted molar refractivity (Wildman–Crippen MR) is 58.1 cm³/mol. The second kappa shape index (κ2) is 4.24. The monoisotopic (exact) mass is 228 g/mol. The standard InChI is InChI=1S/C10H13ClN2O2/c1-14-7-3-8(4-7)15-10-9(12)2-6(11)5-13-10/h2,5,7-8H,3-4,12H2,1H3/t7-,8+. The summed E-state index contributed by atoms with van der Waals surface area (Å²) in [4.78, 5) is 4.03. The number of nitrogens with two attached hydrogens (primary N) is 1. The minimum atomic E-state index is 0.158. The molecular formula is C10H13ClN2O2. The highest BCUT2D eigenvalue weighted by Gasteiger charge is 2.31. The number of halogens is 1. The number of pyridine rings is 1. The summed E-state index contributed by atoms with van der Waals surface area (Å²) in [5.41, 5.74) is 6.19. The van der Waals surface area contributed by atoms with Gasteiger partial charge in [-0.25, -0.2) is 4.98 Å². The van der Waals surface area contributed by atoms with Crippen molar-refractivity contribution in [3.05, 3.63) is 17.3 Å². The first kappa shape index (κ1) is 10.5. The van der Waals surface area contributed by atoms with E-state index in [1.807, 2.05) is 0 Å². The summed E-state index contributed by atoms with van der Waals surface area (Å²) in [6.07, 6.45) is 3.77. The lowest BCUT2D eigenvalue weighted by Crippen LogP contribution is -2.39. The van der Waals surface area contributed by atoms with Crippen molar-refractivity contribution in [3.8, 4) is 5.88 Å². The Balaban J connectivity index is 1.94. The Labute approximate surface area is 93.3 Å². The van der Waals surface area contributed by atoms with Gasteiger partial charge in [0, 0.05) is 26.1 Å². The van der Waals surface area contributed by atoms with Gasteiger partial charge in [-0.3, -0.25) is 0 Å². The van der Waals surface area contributed by atoms with Crippen LogP contribution in [-0.2, 0) is 4.74 Å². The van der Waals surface area contributed by atoms with E-state index in [0.29, 0.717) is 22.7 Å². The van der Waals surface area contributed by atoms with Crippen LogP contribution in [0.1, 0.15) is 12.8 Å². The maximum atomic E-state index is 5.73. The van der Waals surface area contributed by atoms with Crippen LogP contribution in [-0.4, -0.2) is 24.3 Å². The Morgan fingerprint density at radius 3 is 2.80 bits per heavy atom. The van der Waals surface area contributed by atoms with Gasteiger partial charge in [-0.2, -0.15) is 0 Å². The highest BCUT2D eigenvalue weighted by Crippen LogP contribution is 2.30. The second-order valence-corrected chi connectivity index (χ2v) is 4.05. The average molecular weight is 229 g/mol. The van der Waals surface area contributed by atoms with Crippen LogP contribution >= 0.6 is 11.6 Å². The highest BCUT2D eigenvalue weighted by atomic mass is 35.5. The summed E-state index contributed by atoms with van der Waals surface area (Å²) in [5.74, 6) is 0.457. The van der Waals surface area contributed by atoms with Gasteiger partial charge in [0.15, 0.2) is 0 Å². The van der Waals surface area contributed by atoms with Gasteiger partial charge < -0.3 is 15.2 Å². The van der Waals surface area contributed by atoms with E-state index in [2.05, 4.69) is 4.98 Å². The fraction of sp³-hybridized carbons (Fsp3) is 0.500. The molecule has 0 spiro atoms. The largest absolute Gasteiger partial charge is 0.473 e. The summed E-state index contributed by atoms with van der Waals surface area (Å²) >= 11 is 5.73. The van der Waals surface area contributed by atoms with E-state index in [0.717, 1.165) is 12.8 Å². The van der Waals surface area contributed by atoms with Crippen molar-refractivity contribution in [2.45, 2.75) is 25.0 Å². The fourth-order valence-corrected chi connectivity index (χ4v) is 1.67. The van der Waals surface area contributed by atoms with E-state index in [-0.39, 0.29) is 6.10 Å². The summed E-state index contributed by atoms with van der Waals surface area (Å²) < 4.78 is 10.7. The van der Waals surface area contributed by atoms with Crippen molar-refractivity contribution in [2.75, 3.05) is 12.8 Å². The number of hydrogen-bond acceptors (Lipinski definition) is 4. The zero-order chi connectivity index (χ0) is 10.8. The third kappa shape index (κ3) is 2.33. The van der Waals surface area contributed by atoms with Gasteiger partial charge in [0.2, 0.25) is 5.88 Å². The van der Waals surface area contributed by atoms with E-state index in [4.69, 9.17) is 26.8 Å². The van der Waals surface area contributed by atoms with Crippen molar-refractivity contribution >= 4 is 17.3 Å². The third-order valence-electron chi connectivity index (χ3n) is 2.51. The van der Waals surface area contributed by atoms with Gasteiger partial charge in [-0.15, -0.1) is 0 Å². The number of hydrogen-bond donors (Lipinski definition) is 1. The maximum absolute atomic E-state index is 5.73. The molecule has 1 aromatic rings. The van der Waals surface area contributed by atoms with Crippen LogP contribution in [0.15, 0.2) is 12.3 Å². The lowest BCUT2D eigenvalue weighted by molar-refractivity contribution is -0.0393. The molecule has 82 valence electrons. The SMILES string of the molecule is CO[C@H]1C[C@@H](Oc2ncc(Cl)cc2N)C1. The van der Waals surface area contributed by atoms with Gasteiger partial charge in [-0.05, 0) is 6.07 Å². The van der Waals surface area contributed by atoms with Gasteiger partial charge in [0.1, 0.15) is 6.10 Å². The number of methoxy groups -OCH3 is 1.